The van der Waals surface area contributed by atoms with Crippen LogP contribution in [0.15, 0.2) is 0 Å². The molecule has 33 heavy (non-hydrogen) atoms. The Labute approximate surface area is 192 Å². The van der Waals surface area contributed by atoms with Gasteiger partial charge in [0.15, 0.2) is 10.8 Å². The van der Waals surface area contributed by atoms with E-state index in [9.17, 15) is 32.3 Å². The fourth-order valence-electron chi connectivity index (χ4n) is 2.58. The van der Waals surface area contributed by atoms with Gasteiger partial charge in [0.1, 0.15) is 10.5 Å². The van der Waals surface area contributed by atoms with Crippen LogP contribution in [0.3, 0.4) is 0 Å². The quantitative estimate of drug-likeness (QED) is 0.333. The highest BCUT2D eigenvalue weighted by Gasteiger charge is 2.40. The third-order valence-corrected chi connectivity index (χ3v) is 4.77. The van der Waals surface area contributed by atoms with Crippen molar-refractivity contribution in [1.82, 2.24) is 10.3 Å². The number of esters is 2. The fraction of sp³-hybridized carbons (Fsp3) is 0.632. The van der Waals surface area contributed by atoms with Crippen LogP contribution in [-0.2, 0) is 25.2 Å². The van der Waals surface area contributed by atoms with Gasteiger partial charge < -0.3 is 25.8 Å². The summed E-state index contributed by atoms with van der Waals surface area (Å²) in [5.74, 6) is -3.70. The minimum atomic E-state index is -4.95. The Morgan fingerprint density at radius 1 is 1.18 bits per heavy atom. The molecular weight excluding hydrogens is 469 g/mol. The number of ether oxygens (including phenoxy) is 2. The van der Waals surface area contributed by atoms with Crippen LogP contribution < -0.4 is 16.4 Å². The number of amides is 3. The molecule has 1 unspecified atom stereocenters. The highest BCUT2D eigenvalue weighted by Crippen LogP contribution is 2.36. The van der Waals surface area contributed by atoms with Gasteiger partial charge in [-0.3, -0.25) is 9.59 Å². The number of hydrogen-bond acceptors (Lipinski definition) is 8. The lowest BCUT2D eigenvalue weighted by atomic mass is 9.98. The number of alkyl halides is 3. The Morgan fingerprint density at radius 3 is 2.33 bits per heavy atom. The number of thiazole rings is 1. The number of rotatable bonds is 10. The zero-order valence-corrected chi connectivity index (χ0v) is 19.4. The molecule has 14 heteroatoms. The molecule has 0 saturated heterocycles. The fourth-order valence-corrected chi connectivity index (χ4v) is 3.46. The van der Waals surface area contributed by atoms with E-state index >= 15 is 0 Å². The summed E-state index contributed by atoms with van der Waals surface area (Å²) in [5, 5.41) is 4.10. The van der Waals surface area contributed by atoms with Gasteiger partial charge in [-0.05, 0) is 40.5 Å². The third kappa shape index (κ3) is 10.1. The van der Waals surface area contributed by atoms with E-state index in [1.54, 1.807) is 20.8 Å². The van der Waals surface area contributed by atoms with Crippen molar-refractivity contribution in [3.8, 4) is 0 Å². The van der Waals surface area contributed by atoms with Crippen LogP contribution in [0.2, 0.25) is 0 Å². The Kier molecular flexibility index (Phi) is 10.1. The molecule has 0 spiro atoms. The number of primary amides is 1. The Balaban J connectivity index is 3.05. The first-order valence-corrected chi connectivity index (χ1v) is 10.8. The van der Waals surface area contributed by atoms with Crippen molar-refractivity contribution in [3.63, 3.8) is 0 Å². The predicted octanol–water partition coefficient (Wildman–Crippen LogP) is 3.07. The number of carbonyl (C=O) groups is 4. The molecule has 0 bridgehead atoms. The molecule has 4 N–H and O–H groups in total. The lowest BCUT2D eigenvalue weighted by molar-refractivity contribution is -0.157. The first-order valence-electron chi connectivity index (χ1n) is 9.95. The summed E-state index contributed by atoms with van der Waals surface area (Å²) in [6.07, 6.45) is -4.96. The number of aromatic nitrogens is 1. The number of anilines is 1. The topological polar surface area (TPSA) is 150 Å². The Morgan fingerprint density at radius 2 is 1.82 bits per heavy atom. The summed E-state index contributed by atoms with van der Waals surface area (Å²) < 4.78 is 49.7. The number of nitrogens with two attached hydrogens (primary N) is 1. The second-order valence-corrected chi connectivity index (χ2v) is 8.82. The van der Waals surface area contributed by atoms with E-state index in [-0.39, 0.29) is 32.4 Å². The maximum Gasteiger partial charge on any atom is 0.435 e. The molecule has 0 aromatic carbocycles. The highest BCUT2D eigenvalue weighted by molar-refractivity contribution is 7.17. The van der Waals surface area contributed by atoms with E-state index in [1.807, 2.05) is 0 Å². The number of nitrogens with zero attached hydrogens (tertiary/aromatic N) is 1. The summed E-state index contributed by atoms with van der Waals surface area (Å²) in [6, 6.07) is -0.767. The standard InChI is InChI=1S/C19H27F3N4O6S/c1-5-31-15(29)12-13(19(20,21)22)25-17(33-12)26-14(28)10(7-6-8-24-16(23)30)9-11(27)32-18(2,3)4/h10H,5-9H2,1-4H3,(H3,23,24,30)(H,25,26,28). The highest BCUT2D eigenvalue weighted by atomic mass is 32.1. The average Bonchev–Trinajstić information content (AvgIpc) is 3.07. The molecule has 1 heterocycles. The molecule has 0 aliphatic carbocycles. The first kappa shape index (κ1) is 28.1. The van der Waals surface area contributed by atoms with Crippen LogP contribution in [0.1, 0.15) is 62.3 Å². The van der Waals surface area contributed by atoms with Crippen LogP contribution in [0.5, 0.6) is 0 Å². The largest absolute Gasteiger partial charge is 0.462 e. The van der Waals surface area contributed by atoms with E-state index in [0.717, 1.165) is 0 Å². The SMILES string of the molecule is CCOC(=O)c1sc(NC(=O)C(CCCNC(N)=O)CC(=O)OC(C)(C)C)nc1C(F)(F)F. The van der Waals surface area contributed by atoms with Crippen molar-refractivity contribution in [2.75, 3.05) is 18.5 Å². The predicted molar refractivity (Wildman–Crippen MR) is 112 cm³/mol. The molecule has 3 amide bonds. The molecule has 1 aromatic heterocycles. The van der Waals surface area contributed by atoms with Crippen LogP contribution in [0.4, 0.5) is 23.1 Å². The number of urea groups is 1. The molecule has 0 aliphatic heterocycles. The summed E-state index contributed by atoms with van der Waals surface area (Å²) >= 11 is 0.314. The minimum absolute atomic E-state index is 0.0909. The van der Waals surface area contributed by atoms with Crippen molar-refractivity contribution in [2.24, 2.45) is 11.7 Å². The maximum absolute atomic E-state index is 13.3. The Bertz CT molecular complexity index is 867. The lowest BCUT2D eigenvalue weighted by Gasteiger charge is -2.22. The normalized spacial score (nSPS) is 12.6. The average molecular weight is 497 g/mol. The second kappa shape index (κ2) is 11.8. The van der Waals surface area contributed by atoms with Gasteiger partial charge in [-0.1, -0.05) is 11.3 Å². The molecule has 1 aromatic rings. The van der Waals surface area contributed by atoms with Gasteiger partial charge in [0.25, 0.3) is 0 Å². The summed E-state index contributed by atoms with van der Waals surface area (Å²) in [5.41, 5.74) is 2.69. The smallest absolute Gasteiger partial charge is 0.435 e. The van der Waals surface area contributed by atoms with E-state index in [0.29, 0.717) is 11.3 Å². The van der Waals surface area contributed by atoms with Crippen LogP contribution in [-0.4, -0.2) is 47.6 Å². The van der Waals surface area contributed by atoms with E-state index in [2.05, 4.69) is 20.4 Å². The van der Waals surface area contributed by atoms with E-state index in [4.69, 9.17) is 10.5 Å². The lowest BCUT2D eigenvalue weighted by Crippen LogP contribution is -2.32. The summed E-state index contributed by atoms with van der Waals surface area (Å²) in [6.45, 7) is 6.33. The molecule has 186 valence electrons. The molecule has 0 aliphatic rings. The monoisotopic (exact) mass is 496 g/mol. The van der Waals surface area contributed by atoms with Crippen LogP contribution in [0.25, 0.3) is 0 Å². The molecule has 0 fully saturated rings. The second-order valence-electron chi connectivity index (χ2n) is 7.82. The van der Waals surface area contributed by atoms with Crippen LogP contribution >= 0.6 is 11.3 Å². The zero-order chi connectivity index (χ0) is 25.4. The molecule has 0 radical (unpaired) electrons. The molecular formula is C19H27F3N4O6S. The number of halogens is 3. The number of nitrogens with one attached hydrogen (secondary N) is 2. The van der Waals surface area contributed by atoms with Gasteiger partial charge in [-0.2, -0.15) is 13.2 Å². The van der Waals surface area contributed by atoms with Gasteiger partial charge in [-0.15, -0.1) is 0 Å². The van der Waals surface area contributed by atoms with Gasteiger partial charge in [0.2, 0.25) is 5.91 Å². The first-order chi connectivity index (χ1) is 15.1. The van der Waals surface area contributed by atoms with Crippen molar-refractivity contribution < 1.29 is 41.8 Å². The molecule has 1 rings (SSSR count). The van der Waals surface area contributed by atoms with Gasteiger partial charge in [0.05, 0.1) is 13.0 Å². The Hall–Kier alpha value is -2.90. The molecule has 1 atom stereocenters. The molecule has 0 saturated carbocycles. The summed E-state index contributed by atoms with van der Waals surface area (Å²) in [7, 11) is 0. The minimum Gasteiger partial charge on any atom is -0.462 e. The van der Waals surface area contributed by atoms with Crippen molar-refractivity contribution in [3.05, 3.63) is 10.6 Å². The number of carbonyl (C=O) groups excluding carboxylic acids is 4. The number of hydrogen-bond donors (Lipinski definition) is 3. The van der Waals surface area contributed by atoms with Gasteiger partial charge in [-0.25, -0.2) is 14.6 Å². The van der Waals surface area contributed by atoms with E-state index < -0.39 is 57.3 Å². The zero-order valence-electron chi connectivity index (χ0n) is 18.6. The summed E-state index contributed by atoms with van der Waals surface area (Å²) in [4.78, 5) is 50.2. The van der Waals surface area contributed by atoms with Gasteiger partial charge >= 0.3 is 24.1 Å². The van der Waals surface area contributed by atoms with Crippen molar-refractivity contribution >= 4 is 40.3 Å². The van der Waals surface area contributed by atoms with Crippen molar-refractivity contribution in [1.29, 1.82) is 0 Å². The van der Waals surface area contributed by atoms with Crippen molar-refractivity contribution in [2.45, 2.75) is 58.7 Å². The third-order valence-electron chi connectivity index (χ3n) is 3.82. The van der Waals surface area contributed by atoms with Gasteiger partial charge in [0, 0.05) is 12.5 Å². The molecule has 10 nitrogen and oxygen atoms in total. The van der Waals surface area contributed by atoms with E-state index in [1.165, 1.54) is 6.92 Å². The maximum atomic E-state index is 13.3. The van der Waals surface area contributed by atoms with Crippen LogP contribution in [0, 0.1) is 5.92 Å².